The lowest BCUT2D eigenvalue weighted by molar-refractivity contribution is -0.274. The van der Waals surface area contributed by atoms with Crippen molar-refractivity contribution in [2.24, 2.45) is 10.9 Å². The summed E-state index contributed by atoms with van der Waals surface area (Å²) in [5.41, 5.74) is 5.39. The maximum Gasteiger partial charge on any atom is 0.573 e. The predicted octanol–water partition coefficient (Wildman–Crippen LogP) is 1.87. The molecule has 3 N–H and O–H groups in total. The number of rotatable bonds is 3. The zero-order valence-electron chi connectivity index (χ0n) is 8.03. The molecule has 88 valence electrons. The Balaban J connectivity index is 2.92. The summed E-state index contributed by atoms with van der Waals surface area (Å²) >= 11 is 0. The number of halogens is 3. The van der Waals surface area contributed by atoms with Crippen molar-refractivity contribution < 1.29 is 23.1 Å². The number of hydrogen-bond acceptors (Lipinski definition) is 3. The van der Waals surface area contributed by atoms with Gasteiger partial charge < -0.3 is 15.7 Å². The van der Waals surface area contributed by atoms with Gasteiger partial charge in [-0.25, -0.2) is 0 Å². The van der Waals surface area contributed by atoms with Gasteiger partial charge in [0.2, 0.25) is 0 Å². The number of alkyl halides is 3. The summed E-state index contributed by atoms with van der Waals surface area (Å²) < 4.78 is 39.8. The summed E-state index contributed by atoms with van der Waals surface area (Å²) in [5, 5.41) is 11.0. The fraction of sp³-hybridized carbons (Fsp3) is 0.222. The minimum absolute atomic E-state index is 0.122. The van der Waals surface area contributed by atoms with Gasteiger partial charge in [0.05, 0.1) is 0 Å². The van der Waals surface area contributed by atoms with Crippen LogP contribution in [0.3, 0.4) is 0 Å². The van der Waals surface area contributed by atoms with Gasteiger partial charge in [0.1, 0.15) is 11.6 Å². The molecule has 0 heterocycles. The van der Waals surface area contributed by atoms with E-state index in [1.165, 1.54) is 18.2 Å². The fourth-order valence-corrected chi connectivity index (χ4v) is 1.10. The molecule has 1 rings (SSSR count). The second-order valence-electron chi connectivity index (χ2n) is 2.92. The van der Waals surface area contributed by atoms with Crippen LogP contribution in [0, 0.1) is 0 Å². The molecule has 0 radical (unpaired) electrons. The molecule has 0 aliphatic carbocycles. The third-order valence-electron chi connectivity index (χ3n) is 1.70. The van der Waals surface area contributed by atoms with Crippen molar-refractivity contribution in [3.63, 3.8) is 0 Å². The Bertz CT molecular complexity index is 391. The van der Waals surface area contributed by atoms with E-state index >= 15 is 0 Å². The zero-order chi connectivity index (χ0) is 12.2. The van der Waals surface area contributed by atoms with Crippen LogP contribution < -0.4 is 10.5 Å². The van der Waals surface area contributed by atoms with Gasteiger partial charge in [-0.2, -0.15) is 0 Å². The molecule has 0 amide bonds. The maximum atomic E-state index is 12.0. The van der Waals surface area contributed by atoms with E-state index in [1.54, 1.807) is 0 Å². The van der Waals surface area contributed by atoms with Crippen LogP contribution >= 0.6 is 0 Å². The Labute approximate surface area is 89.1 Å². The van der Waals surface area contributed by atoms with E-state index in [0.29, 0.717) is 0 Å². The molecule has 1 aromatic rings. The fourth-order valence-electron chi connectivity index (χ4n) is 1.10. The molecular weight excluding hydrogens is 225 g/mol. The second kappa shape index (κ2) is 4.73. The first-order chi connectivity index (χ1) is 7.42. The van der Waals surface area contributed by atoms with E-state index in [4.69, 9.17) is 10.9 Å². The van der Waals surface area contributed by atoms with Crippen LogP contribution in [0.4, 0.5) is 13.2 Å². The standard InChI is InChI=1S/C9H9F3N2O2/c10-9(11,12)16-7-4-2-1-3-6(7)5-8(13)14-15/h1-4,15H,5H2,(H2,13,14). The molecule has 0 saturated carbocycles. The van der Waals surface area contributed by atoms with Crippen LogP contribution in [-0.2, 0) is 6.42 Å². The van der Waals surface area contributed by atoms with Gasteiger partial charge in [0.25, 0.3) is 0 Å². The molecule has 0 unspecified atom stereocenters. The summed E-state index contributed by atoms with van der Waals surface area (Å²) in [6, 6.07) is 5.49. The van der Waals surface area contributed by atoms with E-state index in [0.717, 1.165) is 6.07 Å². The molecular formula is C9H9F3N2O2. The SMILES string of the molecule is N/C(Cc1ccccc1OC(F)(F)F)=N\O. The molecule has 0 atom stereocenters. The first kappa shape index (κ1) is 12.2. The van der Waals surface area contributed by atoms with E-state index in [2.05, 4.69) is 9.89 Å². The summed E-state index contributed by atoms with van der Waals surface area (Å²) in [6.45, 7) is 0. The Hall–Kier alpha value is -1.92. The lowest BCUT2D eigenvalue weighted by atomic mass is 10.1. The van der Waals surface area contributed by atoms with Crippen molar-refractivity contribution in [2.45, 2.75) is 12.8 Å². The van der Waals surface area contributed by atoms with Crippen molar-refractivity contribution in [3.05, 3.63) is 29.8 Å². The Morgan fingerprint density at radius 2 is 2.00 bits per heavy atom. The first-order valence-electron chi connectivity index (χ1n) is 4.22. The Morgan fingerprint density at radius 3 is 2.56 bits per heavy atom. The van der Waals surface area contributed by atoms with E-state index < -0.39 is 6.36 Å². The van der Waals surface area contributed by atoms with Gasteiger partial charge >= 0.3 is 6.36 Å². The van der Waals surface area contributed by atoms with Crippen molar-refractivity contribution in [1.82, 2.24) is 0 Å². The molecule has 0 saturated heterocycles. The third-order valence-corrected chi connectivity index (χ3v) is 1.70. The maximum absolute atomic E-state index is 12.0. The third kappa shape index (κ3) is 3.68. The number of nitrogens with zero attached hydrogens (tertiary/aromatic N) is 1. The average Bonchev–Trinajstić information content (AvgIpc) is 2.18. The van der Waals surface area contributed by atoms with Crippen molar-refractivity contribution in [2.75, 3.05) is 0 Å². The molecule has 0 aliphatic heterocycles. The number of nitrogens with two attached hydrogens (primary N) is 1. The lowest BCUT2D eigenvalue weighted by Gasteiger charge is -2.12. The largest absolute Gasteiger partial charge is 0.573 e. The van der Waals surface area contributed by atoms with Crippen LogP contribution in [-0.4, -0.2) is 17.4 Å². The van der Waals surface area contributed by atoms with Gasteiger partial charge in [-0.05, 0) is 6.07 Å². The van der Waals surface area contributed by atoms with Gasteiger partial charge in [0, 0.05) is 12.0 Å². The van der Waals surface area contributed by atoms with Gasteiger partial charge in [-0.1, -0.05) is 23.4 Å². The van der Waals surface area contributed by atoms with E-state index in [9.17, 15) is 13.2 Å². The summed E-state index contributed by atoms with van der Waals surface area (Å²) in [7, 11) is 0. The Morgan fingerprint density at radius 1 is 1.38 bits per heavy atom. The molecule has 16 heavy (non-hydrogen) atoms. The van der Waals surface area contributed by atoms with Crippen LogP contribution in [0.5, 0.6) is 5.75 Å². The van der Waals surface area contributed by atoms with Crippen molar-refractivity contribution in [3.8, 4) is 5.75 Å². The number of para-hydroxylation sites is 1. The van der Waals surface area contributed by atoms with Crippen LogP contribution in [0.15, 0.2) is 29.4 Å². The molecule has 1 aromatic carbocycles. The number of amidine groups is 1. The molecule has 0 bridgehead atoms. The summed E-state index contributed by atoms with van der Waals surface area (Å²) in [4.78, 5) is 0. The van der Waals surface area contributed by atoms with Crippen LogP contribution in [0.25, 0.3) is 0 Å². The average molecular weight is 234 g/mol. The molecule has 4 nitrogen and oxygen atoms in total. The highest BCUT2D eigenvalue weighted by molar-refractivity contribution is 5.82. The second-order valence-corrected chi connectivity index (χ2v) is 2.92. The number of ether oxygens (including phenoxy) is 1. The highest BCUT2D eigenvalue weighted by Gasteiger charge is 2.31. The van der Waals surface area contributed by atoms with E-state index in [1.807, 2.05) is 0 Å². The molecule has 0 spiro atoms. The topological polar surface area (TPSA) is 67.8 Å². The minimum atomic E-state index is -4.76. The minimum Gasteiger partial charge on any atom is -0.409 e. The Kier molecular flexibility index (Phi) is 3.60. The van der Waals surface area contributed by atoms with E-state index in [-0.39, 0.29) is 23.6 Å². The quantitative estimate of drug-likeness (QED) is 0.363. The van der Waals surface area contributed by atoms with Gasteiger partial charge in [-0.3, -0.25) is 0 Å². The van der Waals surface area contributed by atoms with Crippen molar-refractivity contribution >= 4 is 5.84 Å². The molecule has 0 aromatic heterocycles. The molecule has 7 heteroatoms. The molecule has 0 fully saturated rings. The van der Waals surface area contributed by atoms with Crippen LogP contribution in [0.2, 0.25) is 0 Å². The summed E-state index contributed by atoms with van der Waals surface area (Å²) in [6.07, 6.45) is -4.88. The van der Waals surface area contributed by atoms with Gasteiger partial charge in [0.15, 0.2) is 0 Å². The zero-order valence-corrected chi connectivity index (χ0v) is 8.03. The summed E-state index contributed by atoms with van der Waals surface area (Å²) in [5.74, 6) is -0.556. The highest BCUT2D eigenvalue weighted by Crippen LogP contribution is 2.26. The smallest absolute Gasteiger partial charge is 0.409 e. The number of oxime groups is 1. The lowest BCUT2D eigenvalue weighted by Crippen LogP contribution is -2.20. The van der Waals surface area contributed by atoms with Crippen LogP contribution in [0.1, 0.15) is 5.56 Å². The predicted molar refractivity (Wildman–Crippen MR) is 50.2 cm³/mol. The monoisotopic (exact) mass is 234 g/mol. The van der Waals surface area contributed by atoms with Crippen molar-refractivity contribution in [1.29, 1.82) is 0 Å². The highest BCUT2D eigenvalue weighted by atomic mass is 19.4. The van der Waals surface area contributed by atoms with Gasteiger partial charge in [-0.15, -0.1) is 13.2 Å². The molecule has 0 aliphatic rings. The first-order valence-corrected chi connectivity index (χ1v) is 4.22. The number of hydrogen-bond donors (Lipinski definition) is 2. The normalized spacial score (nSPS) is 12.6. The number of benzene rings is 1.